The Labute approximate surface area is 78.0 Å². The van der Waals surface area contributed by atoms with E-state index in [0.29, 0.717) is 6.54 Å². The molecule has 0 radical (unpaired) electrons. The number of sulfonamides is 1. The molecule has 4 N–H and O–H groups in total. The second kappa shape index (κ2) is 6.28. The monoisotopic (exact) mass is 212 g/mol. The van der Waals surface area contributed by atoms with Gasteiger partial charge in [-0.25, -0.2) is 13.1 Å². The quantitative estimate of drug-likeness (QED) is 0.349. The van der Waals surface area contributed by atoms with Gasteiger partial charge in [-0.15, -0.1) is 0 Å². The normalized spacial score (nSPS) is 14.4. The van der Waals surface area contributed by atoms with E-state index in [9.17, 15) is 8.42 Å². The Morgan fingerprint density at radius 2 is 2.00 bits per heavy atom. The second-order valence-electron chi connectivity index (χ2n) is 2.71. The molecule has 0 saturated heterocycles. The first-order chi connectivity index (χ1) is 5.95. The van der Waals surface area contributed by atoms with E-state index in [4.69, 9.17) is 10.2 Å². The van der Waals surface area contributed by atoms with Crippen LogP contribution in [0.2, 0.25) is 0 Å². The Morgan fingerprint density at radius 1 is 1.38 bits per heavy atom. The number of rotatable bonds is 7. The summed E-state index contributed by atoms with van der Waals surface area (Å²) in [6, 6.07) is 0. The van der Waals surface area contributed by atoms with Crippen LogP contribution in [0.3, 0.4) is 0 Å². The third kappa shape index (κ3) is 9.71. The van der Waals surface area contributed by atoms with Crippen molar-refractivity contribution < 1.29 is 18.6 Å². The van der Waals surface area contributed by atoms with E-state index in [1.165, 1.54) is 0 Å². The van der Waals surface area contributed by atoms with Crippen LogP contribution in [0, 0.1) is 0 Å². The first kappa shape index (κ1) is 12.8. The standard InChI is InChI=1S/C6H16N2O4S/c1-13(11,12)8-3-2-7-4-6(10)5-9/h6-10H,2-5H2,1H3. The topological polar surface area (TPSA) is 98.7 Å². The van der Waals surface area contributed by atoms with Gasteiger partial charge in [0.25, 0.3) is 0 Å². The molecular weight excluding hydrogens is 196 g/mol. The maximum atomic E-state index is 10.6. The van der Waals surface area contributed by atoms with E-state index in [1.54, 1.807) is 0 Å². The van der Waals surface area contributed by atoms with Gasteiger partial charge in [-0.3, -0.25) is 0 Å². The third-order valence-electron chi connectivity index (χ3n) is 1.26. The molecule has 1 atom stereocenters. The largest absolute Gasteiger partial charge is 0.394 e. The molecule has 0 saturated carbocycles. The van der Waals surface area contributed by atoms with Crippen LogP contribution in [0.1, 0.15) is 0 Å². The highest BCUT2D eigenvalue weighted by Gasteiger charge is 2.01. The Balaban J connectivity index is 3.27. The highest BCUT2D eigenvalue weighted by atomic mass is 32.2. The van der Waals surface area contributed by atoms with Gasteiger partial charge >= 0.3 is 0 Å². The minimum atomic E-state index is -3.13. The summed E-state index contributed by atoms with van der Waals surface area (Å²) in [5.74, 6) is 0. The lowest BCUT2D eigenvalue weighted by molar-refractivity contribution is 0.0948. The molecule has 0 bridgehead atoms. The van der Waals surface area contributed by atoms with Gasteiger partial charge in [-0.05, 0) is 0 Å². The summed E-state index contributed by atoms with van der Waals surface area (Å²) >= 11 is 0. The smallest absolute Gasteiger partial charge is 0.208 e. The van der Waals surface area contributed by atoms with Crippen molar-refractivity contribution in [3.63, 3.8) is 0 Å². The molecule has 0 heterocycles. The average molecular weight is 212 g/mol. The molecule has 0 amide bonds. The number of aliphatic hydroxyl groups excluding tert-OH is 2. The summed E-state index contributed by atoms with van der Waals surface area (Å²) in [5, 5.41) is 20.1. The summed E-state index contributed by atoms with van der Waals surface area (Å²) in [6.07, 6.45) is 0.286. The van der Waals surface area contributed by atoms with Crippen LogP contribution in [-0.2, 0) is 10.0 Å². The van der Waals surface area contributed by atoms with Gasteiger partial charge in [0, 0.05) is 19.6 Å². The molecule has 7 heteroatoms. The molecule has 80 valence electrons. The molecule has 0 rings (SSSR count). The zero-order valence-corrected chi connectivity index (χ0v) is 8.34. The van der Waals surface area contributed by atoms with Crippen LogP contribution in [-0.4, -0.2) is 57.2 Å². The predicted octanol–water partition coefficient (Wildman–Crippen LogP) is -2.52. The van der Waals surface area contributed by atoms with Crippen molar-refractivity contribution in [1.82, 2.24) is 10.0 Å². The molecule has 13 heavy (non-hydrogen) atoms. The third-order valence-corrected chi connectivity index (χ3v) is 1.99. The lowest BCUT2D eigenvalue weighted by atomic mass is 10.4. The fraction of sp³-hybridized carbons (Fsp3) is 1.00. The van der Waals surface area contributed by atoms with Crippen LogP contribution >= 0.6 is 0 Å². The van der Waals surface area contributed by atoms with Crippen LogP contribution in [0.5, 0.6) is 0 Å². The molecule has 6 nitrogen and oxygen atoms in total. The van der Waals surface area contributed by atoms with Crippen molar-refractivity contribution in [1.29, 1.82) is 0 Å². The summed E-state index contributed by atoms with van der Waals surface area (Å²) < 4.78 is 23.4. The average Bonchev–Trinajstić information content (AvgIpc) is 2.01. The fourth-order valence-electron chi connectivity index (χ4n) is 0.658. The Morgan fingerprint density at radius 3 is 2.46 bits per heavy atom. The van der Waals surface area contributed by atoms with Crippen molar-refractivity contribution >= 4 is 10.0 Å². The highest BCUT2D eigenvalue weighted by molar-refractivity contribution is 7.88. The van der Waals surface area contributed by atoms with E-state index in [2.05, 4.69) is 10.0 Å². The SMILES string of the molecule is CS(=O)(=O)NCCNCC(O)CO. The zero-order valence-electron chi connectivity index (χ0n) is 7.52. The van der Waals surface area contributed by atoms with Crippen LogP contribution in [0.15, 0.2) is 0 Å². The van der Waals surface area contributed by atoms with Gasteiger partial charge in [0.2, 0.25) is 10.0 Å². The highest BCUT2D eigenvalue weighted by Crippen LogP contribution is 1.76. The lowest BCUT2D eigenvalue weighted by Crippen LogP contribution is -2.35. The maximum absolute atomic E-state index is 10.6. The van der Waals surface area contributed by atoms with Crippen molar-refractivity contribution in [3.05, 3.63) is 0 Å². The van der Waals surface area contributed by atoms with E-state index in [-0.39, 0.29) is 19.7 Å². The number of aliphatic hydroxyl groups is 2. The molecule has 0 aliphatic rings. The maximum Gasteiger partial charge on any atom is 0.208 e. The van der Waals surface area contributed by atoms with E-state index in [0.717, 1.165) is 6.26 Å². The van der Waals surface area contributed by atoms with Crippen LogP contribution < -0.4 is 10.0 Å². The second-order valence-corrected chi connectivity index (χ2v) is 4.54. The molecule has 0 aliphatic carbocycles. The number of nitrogens with one attached hydrogen (secondary N) is 2. The van der Waals surface area contributed by atoms with Gasteiger partial charge in [0.05, 0.1) is 19.0 Å². The Bertz CT molecular complexity index is 217. The number of hydrogen-bond donors (Lipinski definition) is 4. The molecule has 0 aromatic heterocycles. The van der Waals surface area contributed by atoms with Gasteiger partial charge in [0.15, 0.2) is 0 Å². The van der Waals surface area contributed by atoms with Crippen molar-refractivity contribution in [2.45, 2.75) is 6.10 Å². The van der Waals surface area contributed by atoms with E-state index >= 15 is 0 Å². The van der Waals surface area contributed by atoms with Crippen LogP contribution in [0.4, 0.5) is 0 Å². The van der Waals surface area contributed by atoms with Gasteiger partial charge < -0.3 is 15.5 Å². The molecular formula is C6H16N2O4S. The first-order valence-electron chi connectivity index (χ1n) is 3.90. The lowest BCUT2D eigenvalue weighted by Gasteiger charge is -2.08. The van der Waals surface area contributed by atoms with E-state index in [1.807, 2.05) is 0 Å². The van der Waals surface area contributed by atoms with Gasteiger partial charge in [0.1, 0.15) is 0 Å². The van der Waals surface area contributed by atoms with Gasteiger partial charge in [-0.1, -0.05) is 0 Å². The summed E-state index contributed by atoms with van der Waals surface area (Å²) in [7, 11) is -3.13. The minimum absolute atomic E-state index is 0.252. The first-order valence-corrected chi connectivity index (χ1v) is 5.79. The predicted molar refractivity (Wildman–Crippen MR) is 48.8 cm³/mol. The van der Waals surface area contributed by atoms with Crippen molar-refractivity contribution in [3.8, 4) is 0 Å². The van der Waals surface area contributed by atoms with Crippen molar-refractivity contribution in [2.75, 3.05) is 32.5 Å². The van der Waals surface area contributed by atoms with Gasteiger partial charge in [-0.2, -0.15) is 0 Å². The summed E-state index contributed by atoms with van der Waals surface area (Å²) in [5.41, 5.74) is 0. The molecule has 0 spiro atoms. The molecule has 0 aromatic rings. The Kier molecular flexibility index (Phi) is 6.17. The fourth-order valence-corrected chi connectivity index (χ4v) is 1.13. The van der Waals surface area contributed by atoms with Crippen molar-refractivity contribution in [2.24, 2.45) is 0 Å². The van der Waals surface area contributed by atoms with E-state index < -0.39 is 16.1 Å². The molecule has 0 aromatic carbocycles. The number of hydrogen-bond acceptors (Lipinski definition) is 5. The zero-order chi connectivity index (χ0) is 10.3. The Hall–Kier alpha value is -0.210. The molecule has 1 unspecified atom stereocenters. The molecule has 0 fully saturated rings. The summed E-state index contributed by atoms with van der Waals surface area (Å²) in [4.78, 5) is 0. The van der Waals surface area contributed by atoms with Crippen LogP contribution in [0.25, 0.3) is 0 Å². The summed E-state index contributed by atoms with van der Waals surface area (Å²) in [6.45, 7) is 0.648. The minimum Gasteiger partial charge on any atom is -0.394 e. The molecule has 0 aliphatic heterocycles.